The number of hydrogen-bond donors (Lipinski definition) is 2. The molecule has 0 aliphatic carbocycles. The van der Waals surface area contributed by atoms with Crippen LogP contribution < -0.4 is 15.4 Å². The zero-order valence-corrected chi connectivity index (χ0v) is 15.3. The first-order valence-electron chi connectivity index (χ1n) is 8.03. The fraction of sp³-hybridized carbons (Fsp3) is 0.500. The van der Waals surface area contributed by atoms with Crippen LogP contribution in [0.4, 0.5) is 5.69 Å². The van der Waals surface area contributed by atoms with Gasteiger partial charge in [-0.25, -0.2) is 4.98 Å². The third-order valence-corrected chi connectivity index (χ3v) is 4.81. The van der Waals surface area contributed by atoms with Crippen molar-refractivity contribution in [3.05, 3.63) is 40.2 Å². The van der Waals surface area contributed by atoms with Gasteiger partial charge >= 0.3 is 0 Å². The average Bonchev–Trinajstić information content (AvgIpc) is 3.16. The van der Waals surface area contributed by atoms with Crippen molar-refractivity contribution in [3.8, 4) is 5.88 Å². The molecular formula is C18H27N3OS. The second-order valence-electron chi connectivity index (χ2n) is 6.27. The highest BCUT2D eigenvalue weighted by atomic mass is 32.1. The first-order chi connectivity index (χ1) is 11.1. The van der Waals surface area contributed by atoms with Crippen LogP contribution in [0.15, 0.2) is 29.6 Å². The van der Waals surface area contributed by atoms with E-state index < -0.39 is 0 Å². The highest BCUT2D eigenvalue weighted by Crippen LogP contribution is 2.35. The molecule has 3 heterocycles. The van der Waals surface area contributed by atoms with E-state index in [0.29, 0.717) is 5.88 Å². The molecule has 23 heavy (non-hydrogen) atoms. The number of pyridine rings is 1. The minimum Gasteiger partial charge on any atom is -0.481 e. The number of nitrogens with one attached hydrogen (secondary N) is 2. The second-order valence-corrected chi connectivity index (χ2v) is 7.31. The Morgan fingerprint density at radius 1 is 1.35 bits per heavy atom. The number of nitrogens with zero attached hydrogens (tertiary/aromatic N) is 1. The maximum Gasteiger partial charge on any atom is 0.213 e. The van der Waals surface area contributed by atoms with Crippen LogP contribution >= 0.6 is 11.3 Å². The molecule has 2 N–H and O–H groups in total. The summed E-state index contributed by atoms with van der Waals surface area (Å²) in [6, 6.07) is 8.21. The van der Waals surface area contributed by atoms with E-state index in [1.807, 2.05) is 30.5 Å². The molecule has 126 valence electrons. The summed E-state index contributed by atoms with van der Waals surface area (Å²) in [5.74, 6) is 0.690. The lowest BCUT2D eigenvalue weighted by Gasteiger charge is -2.15. The molecule has 1 aliphatic heterocycles. The first-order valence-corrected chi connectivity index (χ1v) is 8.91. The van der Waals surface area contributed by atoms with Crippen LogP contribution in [0.3, 0.4) is 0 Å². The number of methoxy groups -OCH3 is 1. The van der Waals surface area contributed by atoms with Crippen molar-refractivity contribution in [1.82, 2.24) is 10.3 Å². The Labute approximate surface area is 143 Å². The van der Waals surface area contributed by atoms with Crippen LogP contribution in [-0.4, -0.2) is 32.2 Å². The highest BCUT2D eigenvalue weighted by molar-refractivity contribution is 7.09. The number of rotatable bonds is 5. The van der Waals surface area contributed by atoms with E-state index in [9.17, 15) is 0 Å². The van der Waals surface area contributed by atoms with Gasteiger partial charge in [0.15, 0.2) is 0 Å². The van der Waals surface area contributed by atoms with Gasteiger partial charge in [-0.2, -0.15) is 0 Å². The van der Waals surface area contributed by atoms with Crippen molar-refractivity contribution >= 4 is 17.0 Å². The van der Waals surface area contributed by atoms with Crippen molar-refractivity contribution in [2.75, 3.05) is 32.6 Å². The third kappa shape index (κ3) is 4.94. The summed E-state index contributed by atoms with van der Waals surface area (Å²) >= 11 is 1.85. The lowest BCUT2D eigenvalue weighted by atomic mass is 9.91. The standard InChI is InChI=1S/C10H14N2O.C8H13NS/c1-10(2)6-11-7-4-5-8(13-3)12-9(7)10;1-9-6-2-4-8-5-3-7-10-8/h4-5,11H,6H2,1-3H3;3,5,7,9H,2,4,6H2,1H3. The Hall–Kier alpha value is -1.59. The van der Waals surface area contributed by atoms with Gasteiger partial charge in [0.05, 0.1) is 18.5 Å². The van der Waals surface area contributed by atoms with Gasteiger partial charge in [0.1, 0.15) is 0 Å². The van der Waals surface area contributed by atoms with Gasteiger partial charge in [0.25, 0.3) is 0 Å². The van der Waals surface area contributed by atoms with Crippen molar-refractivity contribution < 1.29 is 4.74 Å². The number of aryl methyl sites for hydroxylation is 1. The Morgan fingerprint density at radius 3 is 2.83 bits per heavy atom. The molecule has 0 saturated carbocycles. The SMILES string of the molecule is CNCCCc1cccs1.COc1ccc2c(n1)C(C)(C)CN2. The second kappa shape index (κ2) is 8.31. The largest absolute Gasteiger partial charge is 0.481 e. The molecule has 2 aromatic rings. The quantitative estimate of drug-likeness (QED) is 0.819. The Balaban J connectivity index is 0.000000174. The first kappa shape index (κ1) is 17.8. The predicted octanol–water partition coefficient (Wildman–Crippen LogP) is 3.69. The number of ether oxygens (including phenoxy) is 1. The molecule has 5 heteroatoms. The molecule has 0 atom stereocenters. The molecule has 0 radical (unpaired) electrons. The number of anilines is 1. The van der Waals surface area contributed by atoms with Crippen molar-refractivity contribution in [3.63, 3.8) is 0 Å². The van der Waals surface area contributed by atoms with Crippen LogP contribution in [0, 0.1) is 0 Å². The molecule has 2 aromatic heterocycles. The Kier molecular flexibility index (Phi) is 6.42. The van der Waals surface area contributed by atoms with Crippen LogP contribution in [0.25, 0.3) is 0 Å². The fourth-order valence-corrected chi connectivity index (χ4v) is 3.26. The number of aromatic nitrogens is 1. The summed E-state index contributed by atoms with van der Waals surface area (Å²) in [4.78, 5) is 5.94. The van der Waals surface area contributed by atoms with Gasteiger partial charge in [-0.15, -0.1) is 11.3 Å². The third-order valence-electron chi connectivity index (χ3n) is 3.87. The van der Waals surface area contributed by atoms with Gasteiger partial charge in [0, 0.05) is 22.9 Å². The summed E-state index contributed by atoms with van der Waals surface area (Å²) in [5.41, 5.74) is 2.35. The normalized spacial score (nSPS) is 14.4. The molecule has 0 aromatic carbocycles. The number of fused-ring (bicyclic) bond motifs is 1. The smallest absolute Gasteiger partial charge is 0.213 e. The fourth-order valence-electron chi connectivity index (χ4n) is 2.51. The van der Waals surface area contributed by atoms with Crippen molar-refractivity contribution in [1.29, 1.82) is 0 Å². The summed E-state index contributed by atoms with van der Waals surface area (Å²) in [6.07, 6.45) is 2.47. The van der Waals surface area contributed by atoms with E-state index in [1.165, 1.54) is 17.7 Å². The molecule has 0 spiro atoms. The molecule has 0 amide bonds. The van der Waals surface area contributed by atoms with E-state index in [4.69, 9.17) is 4.74 Å². The van der Waals surface area contributed by atoms with E-state index in [1.54, 1.807) is 7.11 Å². The molecule has 0 unspecified atom stereocenters. The summed E-state index contributed by atoms with van der Waals surface area (Å²) in [6.45, 7) is 6.43. The van der Waals surface area contributed by atoms with Gasteiger partial charge < -0.3 is 15.4 Å². The number of thiophene rings is 1. The zero-order chi connectivity index (χ0) is 16.7. The molecular weight excluding hydrogens is 306 g/mol. The Morgan fingerprint density at radius 2 is 2.17 bits per heavy atom. The molecule has 0 fully saturated rings. The number of hydrogen-bond acceptors (Lipinski definition) is 5. The van der Waals surface area contributed by atoms with E-state index in [-0.39, 0.29) is 5.41 Å². The van der Waals surface area contributed by atoms with Gasteiger partial charge in [0.2, 0.25) is 5.88 Å². The summed E-state index contributed by atoms with van der Waals surface area (Å²) in [5, 5.41) is 8.59. The lowest BCUT2D eigenvalue weighted by Crippen LogP contribution is -2.20. The van der Waals surface area contributed by atoms with Crippen molar-refractivity contribution in [2.45, 2.75) is 32.1 Å². The average molecular weight is 334 g/mol. The summed E-state index contributed by atoms with van der Waals surface area (Å²) in [7, 11) is 3.64. The van der Waals surface area contributed by atoms with Gasteiger partial charge in [-0.1, -0.05) is 19.9 Å². The van der Waals surface area contributed by atoms with Gasteiger partial charge in [-0.05, 0) is 43.9 Å². The minimum atomic E-state index is 0.115. The Bertz CT molecular complexity index is 596. The maximum absolute atomic E-state index is 5.09. The van der Waals surface area contributed by atoms with E-state index in [0.717, 1.165) is 24.5 Å². The van der Waals surface area contributed by atoms with E-state index in [2.05, 4.69) is 47.0 Å². The highest BCUT2D eigenvalue weighted by Gasteiger charge is 2.31. The van der Waals surface area contributed by atoms with Crippen LogP contribution in [0.5, 0.6) is 5.88 Å². The van der Waals surface area contributed by atoms with Crippen LogP contribution in [0.2, 0.25) is 0 Å². The predicted molar refractivity (Wildman–Crippen MR) is 98.9 cm³/mol. The summed E-state index contributed by atoms with van der Waals surface area (Å²) < 4.78 is 5.09. The van der Waals surface area contributed by atoms with Crippen molar-refractivity contribution in [2.24, 2.45) is 0 Å². The molecule has 3 rings (SSSR count). The lowest BCUT2D eigenvalue weighted by molar-refractivity contribution is 0.393. The molecule has 1 aliphatic rings. The molecule has 4 nitrogen and oxygen atoms in total. The molecule has 0 bridgehead atoms. The minimum absolute atomic E-state index is 0.115. The maximum atomic E-state index is 5.09. The van der Waals surface area contributed by atoms with E-state index >= 15 is 0 Å². The topological polar surface area (TPSA) is 46.2 Å². The van der Waals surface area contributed by atoms with Gasteiger partial charge in [-0.3, -0.25) is 0 Å². The van der Waals surface area contributed by atoms with Crippen LogP contribution in [-0.2, 0) is 11.8 Å². The zero-order valence-electron chi connectivity index (χ0n) is 14.5. The molecule has 0 saturated heterocycles. The monoisotopic (exact) mass is 333 g/mol. The van der Waals surface area contributed by atoms with Crippen LogP contribution in [0.1, 0.15) is 30.8 Å².